The van der Waals surface area contributed by atoms with Crippen molar-refractivity contribution in [2.24, 2.45) is 0 Å². The van der Waals surface area contributed by atoms with Crippen LogP contribution in [0.15, 0.2) is 18.2 Å². The standard InChI is InChI=1S/C14H18N2O3/c1-9-3-4-10(2)12(7-9)16-8-11(15-14(16)19)5-6-13(17)18/h3-4,7,11H,5-6,8H2,1-2H3,(H,15,19)(H,17,18). The Hall–Kier alpha value is -2.04. The van der Waals surface area contributed by atoms with Gasteiger partial charge in [-0.3, -0.25) is 9.69 Å². The summed E-state index contributed by atoms with van der Waals surface area (Å²) in [6.45, 7) is 4.47. The number of hydrogen-bond acceptors (Lipinski definition) is 2. The Morgan fingerprint density at radius 1 is 1.47 bits per heavy atom. The molecule has 1 aromatic rings. The third kappa shape index (κ3) is 3.05. The molecule has 1 unspecified atom stereocenters. The molecule has 0 radical (unpaired) electrons. The number of aryl methyl sites for hydroxylation is 2. The fraction of sp³-hybridized carbons (Fsp3) is 0.429. The van der Waals surface area contributed by atoms with Crippen LogP contribution in [0.1, 0.15) is 24.0 Å². The van der Waals surface area contributed by atoms with Crippen molar-refractivity contribution in [1.29, 1.82) is 0 Å². The molecule has 0 aliphatic carbocycles. The van der Waals surface area contributed by atoms with Crippen LogP contribution in [0.25, 0.3) is 0 Å². The topological polar surface area (TPSA) is 69.6 Å². The molecule has 1 saturated heterocycles. The van der Waals surface area contributed by atoms with Gasteiger partial charge >= 0.3 is 12.0 Å². The van der Waals surface area contributed by atoms with Crippen molar-refractivity contribution in [2.75, 3.05) is 11.4 Å². The molecule has 2 amide bonds. The van der Waals surface area contributed by atoms with E-state index in [1.165, 1.54) is 0 Å². The third-order valence-electron chi connectivity index (χ3n) is 3.34. The van der Waals surface area contributed by atoms with Crippen LogP contribution in [0, 0.1) is 13.8 Å². The summed E-state index contributed by atoms with van der Waals surface area (Å²) in [4.78, 5) is 24.2. The molecule has 1 atom stereocenters. The Morgan fingerprint density at radius 3 is 2.89 bits per heavy atom. The first-order valence-electron chi connectivity index (χ1n) is 6.34. The van der Waals surface area contributed by atoms with Gasteiger partial charge in [0.2, 0.25) is 0 Å². The van der Waals surface area contributed by atoms with E-state index in [1.54, 1.807) is 4.90 Å². The molecule has 5 heteroatoms. The van der Waals surface area contributed by atoms with Gasteiger partial charge in [0.15, 0.2) is 0 Å². The first-order chi connectivity index (χ1) is 8.97. The van der Waals surface area contributed by atoms with Crippen molar-refractivity contribution in [3.05, 3.63) is 29.3 Å². The second-order valence-electron chi connectivity index (χ2n) is 4.98. The van der Waals surface area contributed by atoms with Crippen LogP contribution in [0.2, 0.25) is 0 Å². The predicted molar refractivity (Wildman–Crippen MR) is 72.5 cm³/mol. The van der Waals surface area contributed by atoms with E-state index in [0.29, 0.717) is 13.0 Å². The molecule has 1 aliphatic heterocycles. The van der Waals surface area contributed by atoms with E-state index in [4.69, 9.17) is 5.11 Å². The first kappa shape index (κ1) is 13.4. The molecule has 19 heavy (non-hydrogen) atoms. The number of carbonyl (C=O) groups excluding carboxylic acids is 1. The molecule has 1 fully saturated rings. The van der Waals surface area contributed by atoms with Gasteiger partial charge in [-0.15, -0.1) is 0 Å². The van der Waals surface area contributed by atoms with E-state index in [1.807, 2.05) is 32.0 Å². The molecule has 0 aromatic heterocycles. The number of hydrogen-bond donors (Lipinski definition) is 2. The van der Waals surface area contributed by atoms with Crippen LogP contribution in [0.4, 0.5) is 10.5 Å². The SMILES string of the molecule is Cc1ccc(C)c(N2CC(CCC(=O)O)NC2=O)c1. The minimum Gasteiger partial charge on any atom is -0.481 e. The monoisotopic (exact) mass is 262 g/mol. The minimum absolute atomic E-state index is 0.0750. The molecule has 1 aromatic carbocycles. The van der Waals surface area contributed by atoms with Gasteiger partial charge in [-0.1, -0.05) is 12.1 Å². The van der Waals surface area contributed by atoms with Crippen molar-refractivity contribution in [3.8, 4) is 0 Å². The summed E-state index contributed by atoms with van der Waals surface area (Å²) in [6.07, 6.45) is 0.536. The van der Waals surface area contributed by atoms with Gasteiger partial charge in [-0.2, -0.15) is 0 Å². The van der Waals surface area contributed by atoms with Crippen LogP contribution in [-0.2, 0) is 4.79 Å². The zero-order chi connectivity index (χ0) is 14.0. The maximum atomic E-state index is 12.0. The second-order valence-corrected chi connectivity index (χ2v) is 4.98. The summed E-state index contributed by atoms with van der Waals surface area (Å²) >= 11 is 0. The van der Waals surface area contributed by atoms with E-state index < -0.39 is 5.97 Å². The molecule has 0 saturated carbocycles. The summed E-state index contributed by atoms with van der Waals surface area (Å²) in [5, 5.41) is 11.5. The largest absolute Gasteiger partial charge is 0.481 e. The maximum Gasteiger partial charge on any atom is 0.322 e. The molecule has 0 bridgehead atoms. The average Bonchev–Trinajstić information content (AvgIpc) is 2.71. The highest BCUT2D eigenvalue weighted by Crippen LogP contribution is 2.25. The molecule has 5 nitrogen and oxygen atoms in total. The lowest BCUT2D eigenvalue weighted by molar-refractivity contribution is -0.137. The Kier molecular flexibility index (Phi) is 3.74. The number of aliphatic carboxylic acids is 1. The lowest BCUT2D eigenvalue weighted by Gasteiger charge is -2.18. The smallest absolute Gasteiger partial charge is 0.322 e. The number of rotatable bonds is 4. The van der Waals surface area contributed by atoms with Crippen molar-refractivity contribution in [1.82, 2.24) is 5.32 Å². The van der Waals surface area contributed by atoms with Crippen LogP contribution in [0.3, 0.4) is 0 Å². The van der Waals surface area contributed by atoms with Gasteiger partial charge in [0.05, 0.1) is 0 Å². The second kappa shape index (κ2) is 5.30. The Labute approximate surface area is 112 Å². The Bertz CT molecular complexity index is 513. The number of carboxylic acids is 1. The Morgan fingerprint density at radius 2 is 2.21 bits per heavy atom. The third-order valence-corrected chi connectivity index (χ3v) is 3.34. The van der Waals surface area contributed by atoms with E-state index >= 15 is 0 Å². The number of carbonyl (C=O) groups is 2. The number of anilines is 1. The van der Waals surface area contributed by atoms with E-state index in [0.717, 1.165) is 16.8 Å². The molecule has 102 valence electrons. The number of urea groups is 1. The van der Waals surface area contributed by atoms with E-state index in [-0.39, 0.29) is 18.5 Å². The van der Waals surface area contributed by atoms with Gasteiger partial charge in [-0.05, 0) is 37.5 Å². The van der Waals surface area contributed by atoms with Crippen molar-refractivity contribution in [3.63, 3.8) is 0 Å². The van der Waals surface area contributed by atoms with Gasteiger partial charge in [-0.25, -0.2) is 4.79 Å². The van der Waals surface area contributed by atoms with Crippen LogP contribution < -0.4 is 10.2 Å². The number of carboxylic acid groups (broad SMARTS) is 1. The number of nitrogens with zero attached hydrogens (tertiary/aromatic N) is 1. The summed E-state index contributed by atoms with van der Waals surface area (Å²) in [5.41, 5.74) is 3.04. The van der Waals surface area contributed by atoms with Crippen molar-refractivity contribution < 1.29 is 14.7 Å². The van der Waals surface area contributed by atoms with Crippen molar-refractivity contribution >= 4 is 17.7 Å². The van der Waals surface area contributed by atoms with E-state index in [9.17, 15) is 9.59 Å². The zero-order valence-corrected chi connectivity index (χ0v) is 11.1. The number of amides is 2. The first-order valence-corrected chi connectivity index (χ1v) is 6.34. The normalized spacial score (nSPS) is 18.5. The van der Waals surface area contributed by atoms with Crippen LogP contribution in [-0.4, -0.2) is 29.7 Å². The molecular formula is C14H18N2O3. The summed E-state index contributed by atoms with van der Waals surface area (Å²) < 4.78 is 0. The van der Waals surface area contributed by atoms with Gasteiger partial charge in [0.1, 0.15) is 0 Å². The summed E-state index contributed by atoms with van der Waals surface area (Å²) in [7, 11) is 0. The fourth-order valence-corrected chi connectivity index (χ4v) is 2.28. The molecule has 0 spiro atoms. The van der Waals surface area contributed by atoms with Gasteiger partial charge in [0, 0.05) is 24.7 Å². The number of benzene rings is 1. The maximum absolute atomic E-state index is 12.0. The molecule has 2 rings (SSSR count). The number of nitrogens with one attached hydrogen (secondary N) is 1. The zero-order valence-electron chi connectivity index (χ0n) is 11.1. The lowest BCUT2D eigenvalue weighted by Crippen LogP contribution is -2.29. The highest BCUT2D eigenvalue weighted by molar-refractivity contribution is 5.95. The minimum atomic E-state index is -0.834. The van der Waals surface area contributed by atoms with Crippen LogP contribution in [0.5, 0.6) is 0 Å². The lowest BCUT2D eigenvalue weighted by atomic mass is 10.1. The quantitative estimate of drug-likeness (QED) is 0.872. The molecular weight excluding hydrogens is 244 g/mol. The van der Waals surface area contributed by atoms with Crippen LogP contribution >= 0.6 is 0 Å². The predicted octanol–water partition coefficient (Wildman–Crippen LogP) is 2.07. The molecule has 1 heterocycles. The fourth-order valence-electron chi connectivity index (χ4n) is 2.28. The molecule has 1 aliphatic rings. The molecule has 2 N–H and O–H groups in total. The highest BCUT2D eigenvalue weighted by atomic mass is 16.4. The van der Waals surface area contributed by atoms with E-state index in [2.05, 4.69) is 5.32 Å². The summed E-state index contributed by atoms with van der Waals surface area (Å²) in [6, 6.07) is 5.73. The van der Waals surface area contributed by atoms with Crippen molar-refractivity contribution in [2.45, 2.75) is 32.7 Å². The summed E-state index contributed by atoms with van der Waals surface area (Å²) in [5.74, 6) is -0.834. The van der Waals surface area contributed by atoms with Gasteiger partial charge in [0.25, 0.3) is 0 Å². The highest BCUT2D eigenvalue weighted by Gasteiger charge is 2.30. The Balaban J connectivity index is 2.11. The average molecular weight is 262 g/mol. The van der Waals surface area contributed by atoms with Gasteiger partial charge < -0.3 is 10.4 Å².